The van der Waals surface area contributed by atoms with E-state index in [1.807, 2.05) is 25.3 Å². The Morgan fingerprint density at radius 1 is 1.33 bits per heavy atom. The highest BCUT2D eigenvalue weighted by molar-refractivity contribution is 7.18. The predicted octanol–water partition coefficient (Wildman–Crippen LogP) is 3.89. The van der Waals surface area contributed by atoms with Crippen molar-refractivity contribution in [3.05, 3.63) is 50.4 Å². The summed E-state index contributed by atoms with van der Waals surface area (Å²) in [5.41, 5.74) is 1.49. The lowest BCUT2D eigenvalue weighted by Crippen LogP contribution is -2.16. The molecule has 0 aromatic carbocycles. The normalized spacial score (nSPS) is 11.2. The first-order chi connectivity index (χ1) is 13.0. The number of carbonyl (C=O) groups excluding carboxylic acids is 1. The summed E-state index contributed by atoms with van der Waals surface area (Å²) < 4.78 is 5.29. The lowest BCUT2D eigenvalue weighted by Gasteiger charge is -2.02. The number of anilines is 1. The molecule has 9 heteroatoms. The highest BCUT2D eigenvalue weighted by Crippen LogP contribution is 2.26. The molecule has 0 aliphatic carbocycles. The number of nitrogens with zero attached hydrogens (tertiary/aromatic N) is 2. The predicted molar refractivity (Wildman–Crippen MR) is 106 cm³/mol. The molecule has 0 unspecified atom stereocenters. The van der Waals surface area contributed by atoms with Crippen LogP contribution in [0.15, 0.2) is 33.0 Å². The second kappa shape index (κ2) is 7.09. The van der Waals surface area contributed by atoms with Crippen molar-refractivity contribution in [2.24, 2.45) is 0 Å². The summed E-state index contributed by atoms with van der Waals surface area (Å²) in [6.45, 7) is 3.89. The molecule has 27 heavy (non-hydrogen) atoms. The van der Waals surface area contributed by atoms with Crippen LogP contribution in [-0.4, -0.2) is 20.9 Å². The van der Waals surface area contributed by atoms with Crippen LogP contribution in [0, 0.1) is 13.8 Å². The van der Waals surface area contributed by atoms with Gasteiger partial charge in [0.05, 0.1) is 11.6 Å². The molecule has 1 amide bonds. The molecule has 2 N–H and O–H groups in total. The molecular weight excluding hydrogens is 384 g/mol. The van der Waals surface area contributed by atoms with Crippen molar-refractivity contribution in [2.75, 3.05) is 5.32 Å². The van der Waals surface area contributed by atoms with Crippen LogP contribution in [0.5, 0.6) is 0 Å². The number of carbonyl (C=O) groups is 1. The van der Waals surface area contributed by atoms with Crippen molar-refractivity contribution in [1.82, 2.24) is 15.0 Å². The van der Waals surface area contributed by atoms with Crippen LogP contribution in [0.3, 0.4) is 0 Å². The second-order valence-electron chi connectivity index (χ2n) is 6.04. The van der Waals surface area contributed by atoms with E-state index in [1.165, 1.54) is 22.7 Å². The molecule has 0 saturated heterocycles. The molecule has 0 atom stereocenters. The number of amides is 1. The third-order valence-corrected chi connectivity index (χ3v) is 6.06. The Hall–Kier alpha value is -2.78. The fourth-order valence-corrected chi connectivity index (χ4v) is 4.46. The van der Waals surface area contributed by atoms with Crippen molar-refractivity contribution in [2.45, 2.75) is 26.7 Å². The third-order valence-electron chi connectivity index (χ3n) is 4.20. The van der Waals surface area contributed by atoms with Gasteiger partial charge in [0.15, 0.2) is 10.9 Å². The summed E-state index contributed by atoms with van der Waals surface area (Å²) in [4.78, 5) is 37.9. The number of thiophene rings is 1. The van der Waals surface area contributed by atoms with Gasteiger partial charge in [-0.05, 0) is 31.5 Å². The van der Waals surface area contributed by atoms with E-state index in [0.717, 1.165) is 10.4 Å². The van der Waals surface area contributed by atoms with Gasteiger partial charge in [0.1, 0.15) is 16.3 Å². The highest BCUT2D eigenvalue weighted by atomic mass is 32.1. The standard InChI is InChI=1S/C18H16N4O3S2/c1-9-10(2)27-17-15(9)16(24)20-13(21-17)5-6-14(23)22-18-19-11(8-26-18)12-4-3-7-25-12/h3-4,7-8H,5-6H2,1-2H3,(H,19,22,23)(H,20,21,24). The largest absolute Gasteiger partial charge is 0.463 e. The summed E-state index contributed by atoms with van der Waals surface area (Å²) in [6, 6.07) is 3.60. The van der Waals surface area contributed by atoms with E-state index in [-0.39, 0.29) is 17.9 Å². The molecule has 7 nitrogen and oxygen atoms in total. The van der Waals surface area contributed by atoms with E-state index in [4.69, 9.17) is 4.42 Å². The maximum absolute atomic E-state index is 12.3. The Morgan fingerprint density at radius 2 is 2.19 bits per heavy atom. The molecule has 4 heterocycles. The van der Waals surface area contributed by atoms with Gasteiger partial charge in [0.25, 0.3) is 5.56 Å². The minimum absolute atomic E-state index is 0.153. The number of hydrogen-bond donors (Lipinski definition) is 2. The lowest BCUT2D eigenvalue weighted by atomic mass is 10.2. The zero-order chi connectivity index (χ0) is 19.0. The van der Waals surface area contributed by atoms with Gasteiger partial charge in [-0.3, -0.25) is 9.59 Å². The van der Waals surface area contributed by atoms with Crippen LogP contribution >= 0.6 is 22.7 Å². The molecule has 0 spiro atoms. The van der Waals surface area contributed by atoms with Gasteiger partial charge in [0.2, 0.25) is 5.91 Å². The van der Waals surface area contributed by atoms with Crippen LogP contribution in [0.4, 0.5) is 5.13 Å². The molecule has 4 rings (SSSR count). The Morgan fingerprint density at radius 3 is 2.96 bits per heavy atom. The summed E-state index contributed by atoms with van der Waals surface area (Å²) in [5, 5.41) is 5.74. The van der Waals surface area contributed by atoms with E-state index < -0.39 is 0 Å². The first-order valence-electron chi connectivity index (χ1n) is 8.29. The first kappa shape index (κ1) is 17.6. The zero-order valence-corrected chi connectivity index (χ0v) is 16.3. The Labute approximate surface area is 162 Å². The molecule has 4 aromatic heterocycles. The van der Waals surface area contributed by atoms with Gasteiger partial charge in [-0.1, -0.05) is 0 Å². The quantitative estimate of drug-likeness (QED) is 0.529. The number of aromatic amines is 1. The highest BCUT2D eigenvalue weighted by Gasteiger charge is 2.13. The number of H-pyrrole nitrogens is 1. The van der Waals surface area contributed by atoms with Crippen LogP contribution < -0.4 is 10.9 Å². The molecule has 0 saturated carbocycles. The molecule has 0 fully saturated rings. The number of hydrogen-bond acceptors (Lipinski definition) is 7. The van der Waals surface area contributed by atoms with Crippen molar-refractivity contribution in [1.29, 1.82) is 0 Å². The number of rotatable bonds is 5. The van der Waals surface area contributed by atoms with Gasteiger partial charge in [-0.15, -0.1) is 22.7 Å². The molecule has 0 aliphatic rings. The molecule has 0 bridgehead atoms. The molecule has 138 valence electrons. The average Bonchev–Trinajstić information content (AvgIpc) is 3.35. The van der Waals surface area contributed by atoms with E-state index in [2.05, 4.69) is 20.3 Å². The third kappa shape index (κ3) is 3.56. The zero-order valence-electron chi connectivity index (χ0n) is 14.7. The van der Waals surface area contributed by atoms with E-state index >= 15 is 0 Å². The maximum atomic E-state index is 12.3. The summed E-state index contributed by atoms with van der Waals surface area (Å²) >= 11 is 2.83. The van der Waals surface area contributed by atoms with Crippen molar-refractivity contribution >= 4 is 43.9 Å². The topological polar surface area (TPSA) is 101 Å². The van der Waals surface area contributed by atoms with Crippen molar-refractivity contribution < 1.29 is 9.21 Å². The van der Waals surface area contributed by atoms with Gasteiger partial charge in [-0.25, -0.2) is 9.97 Å². The van der Waals surface area contributed by atoms with Crippen LogP contribution in [0.25, 0.3) is 21.7 Å². The van der Waals surface area contributed by atoms with E-state index in [1.54, 1.807) is 12.3 Å². The van der Waals surface area contributed by atoms with Gasteiger partial charge < -0.3 is 14.7 Å². The Bertz CT molecular complexity index is 1170. The fourth-order valence-electron chi connectivity index (χ4n) is 2.70. The van der Waals surface area contributed by atoms with Crippen LogP contribution in [0.2, 0.25) is 0 Å². The fraction of sp³-hybridized carbons (Fsp3) is 0.222. The summed E-state index contributed by atoms with van der Waals surface area (Å²) in [6.07, 6.45) is 2.13. The minimum Gasteiger partial charge on any atom is -0.463 e. The van der Waals surface area contributed by atoms with E-state index in [0.29, 0.717) is 39.0 Å². The smallest absolute Gasteiger partial charge is 0.259 e. The van der Waals surface area contributed by atoms with Crippen molar-refractivity contribution in [3.8, 4) is 11.5 Å². The maximum Gasteiger partial charge on any atom is 0.259 e. The van der Waals surface area contributed by atoms with Gasteiger partial charge in [0, 0.05) is 23.1 Å². The molecule has 0 radical (unpaired) electrons. The molecule has 0 aliphatic heterocycles. The first-order valence-corrected chi connectivity index (χ1v) is 9.99. The minimum atomic E-state index is -0.184. The molecule has 4 aromatic rings. The molecular formula is C18H16N4O3S2. The van der Waals surface area contributed by atoms with E-state index in [9.17, 15) is 9.59 Å². The number of furan rings is 1. The Balaban J connectivity index is 1.42. The van der Waals surface area contributed by atoms with Crippen LogP contribution in [-0.2, 0) is 11.2 Å². The monoisotopic (exact) mass is 400 g/mol. The number of fused-ring (bicyclic) bond motifs is 1. The number of aromatic nitrogens is 3. The second-order valence-corrected chi connectivity index (χ2v) is 8.10. The number of thiazole rings is 1. The number of aryl methyl sites for hydroxylation is 3. The lowest BCUT2D eigenvalue weighted by molar-refractivity contribution is -0.116. The van der Waals surface area contributed by atoms with Gasteiger partial charge in [-0.2, -0.15) is 0 Å². The Kier molecular flexibility index (Phi) is 4.63. The summed E-state index contributed by atoms with van der Waals surface area (Å²) in [5.74, 6) is 0.985. The average molecular weight is 400 g/mol. The number of nitrogens with one attached hydrogen (secondary N) is 2. The van der Waals surface area contributed by atoms with Crippen LogP contribution in [0.1, 0.15) is 22.7 Å². The SMILES string of the molecule is Cc1sc2nc(CCC(=O)Nc3nc(-c4ccco4)cs3)[nH]c(=O)c2c1C. The summed E-state index contributed by atoms with van der Waals surface area (Å²) in [7, 11) is 0. The van der Waals surface area contributed by atoms with Gasteiger partial charge >= 0.3 is 0 Å². The van der Waals surface area contributed by atoms with Crippen molar-refractivity contribution in [3.63, 3.8) is 0 Å².